The molecule has 0 aromatic carbocycles. The summed E-state index contributed by atoms with van der Waals surface area (Å²) in [5, 5.41) is 3.92. The third kappa shape index (κ3) is 3.55. The van der Waals surface area contributed by atoms with Crippen LogP contribution in [0.1, 0.15) is 53.3 Å². The van der Waals surface area contributed by atoms with Gasteiger partial charge in [0.25, 0.3) is 0 Å². The zero-order valence-corrected chi connectivity index (χ0v) is 12.0. The fraction of sp³-hybridized carbons (Fsp3) is 0.769. The van der Waals surface area contributed by atoms with Gasteiger partial charge in [-0.15, -0.1) is 0 Å². The van der Waals surface area contributed by atoms with E-state index in [0.717, 1.165) is 0 Å². The molecule has 0 unspecified atom stereocenters. The van der Waals surface area contributed by atoms with Gasteiger partial charge >= 0.3 is 5.97 Å². The Bertz CT molecular complexity index is 416. The minimum absolute atomic E-state index is 0.0786. The fourth-order valence-corrected chi connectivity index (χ4v) is 1.45. The van der Waals surface area contributed by atoms with E-state index in [1.807, 2.05) is 0 Å². The van der Waals surface area contributed by atoms with Gasteiger partial charge in [0.05, 0.1) is 6.61 Å². The lowest BCUT2D eigenvalue weighted by Crippen LogP contribution is -2.31. The Morgan fingerprint density at radius 2 is 1.89 bits per heavy atom. The largest absolute Gasteiger partial charge is 0.465 e. The van der Waals surface area contributed by atoms with Crippen LogP contribution < -0.4 is 0 Å². The highest BCUT2D eigenvalue weighted by molar-refractivity contribution is 5.80. The van der Waals surface area contributed by atoms with Crippen molar-refractivity contribution >= 4 is 5.97 Å². The van der Waals surface area contributed by atoms with Gasteiger partial charge in [-0.2, -0.15) is 4.98 Å². The number of hydrogen-bond donors (Lipinski definition) is 0. The molecule has 0 N–H and O–H groups in total. The molecule has 0 saturated heterocycles. The van der Waals surface area contributed by atoms with Crippen LogP contribution in [0.15, 0.2) is 4.52 Å². The van der Waals surface area contributed by atoms with Crippen LogP contribution in [0.2, 0.25) is 0 Å². The van der Waals surface area contributed by atoms with Crippen LogP contribution in [0, 0.1) is 5.41 Å². The van der Waals surface area contributed by atoms with E-state index in [2.05, 4.69) is 30.9 Å². The van der Waals surface area contributed by atoms with E-state index in [-0.39, 0.29) is 11.4 Å². The van der Waals surface area contributed by atoms with Crippen LogP contribution in [0.25, 0.3) is 0 Å². The number of carbonyl (C=O) groups is 1. The molecule has 0 atom stereocenters. The zero-order chi connectivity index (χ0) is 14.0. The number of carbonyl (C=O) groups excluding carboxylic acids is 1. The first-order valence-corrected chi connectivity index (χ1v) is 6.17. The zero-order valence-electron chi connectivity index (χ0n) is 12.0. The standard InChI is InChI=1S/C13H22N2O3/c1-7-17-11(16)13(5,6)10-14-9(15-18-10)8-12(2,3)4/h7-8H2,1-6H3. The molecule has 5 heteroatoms. The molecule has 0 radical (unpaired) electrons. The summed E-state index contributed by atoms with van der Waals surface area (Å²) >= 11 is 0. The van der Waals surface area contributed by atoms with Crippen molar-refractivity contribution < 1.29 is 14.1 Å². The lowest BCUT2D eigenvalue weighted by molar-refractivity contribution is -0.149. The molecule has 0 aliphatic carbocycles. The molecule has 1 aromatic rings. The highest BCUT2D eigenvalue weighted by Crippen LogP contribution is 2.25. The second kappa shape index (κ2) is 5.08. The van der Waals surface area contributed by atoms with Crippen molar-refractivity contribution in [3.05, 3.63) is 11.7 Å². The number of rotatable bonds is 4. The Hall–Kier alpha value is -1.39. The summed E-state index contributed by atoms with van der Waals surface area (Å²) in [6, 6.07) is 0. The fourth-order valence-electron chi connectivity index (χ4n) is 1.45. The van der Waals surface area contributed by atoms with Crippen molar-refractivity contribution in [3.8, 4) is 0 Å². The molecule has 18 heavy (non-hydrogen) atoms. The maximum Gasteiger partial charge on any atom is 0.321 e. The summed E-state index contributed by atoms with van der Waals surface area (Å²) in [7, 11) is 0. The van der Waals surface area contributed by atoms with E-state index in [1.54, 1.807) is 20.8 Å². The third-order valence-electron chi connectivity index (χ3n) is 2.48. The molecule has 5 nitrogen and oxygen atoms in total. The van der Waals surface area contributed by atoms with Crippen molar-refractivity contribution in [1.29, 1.82) is 0 Å². The van der Waals surface area contributed by atoms with Crippen LogP contribution in [-0.2, 0) is 21.4 Å². The van der Waals surface area contributed by atoms with Gasteiger partial charge in [0.15, 0.2) is 5.82 Å². The van der Waals surface area contributed by atoms with Crippen molar-refractivity contribution in [2.45, 2.75) is 53.4 Å². The Labute approximate surface area is 108 Å². The summed E-state index contributed by atoms with van der Waals surface area (Å²) in [6.45, 7) is 11.8. The number of ether oxygens (including phenoxy) is 1. The van der Waals surface area contributed by atoms with E-state index in [4.69, 9.17) is 9.26 Å². The van der Waals surface area contributed by atoms with Crippen LogP contribution in [0.4, 0.5) is 0 Å². The smallest absolute Gasteiger partial charge is 0.321 e. The second-order valence-corrected chi connectivity index (χ2v) is 6.10. The summed E-state index contributed by atoms with van der Waals surface area (Å²) in [4.78, 5) is 16.1. The normalized spacial score (nSPS) is 12.6. The number of esters is 1. The SMILES string of the molecule is CCOC(=O)C(C)(C)c1nc(CC(C)(C)C)no1. The van der Waals surface area contributed by atoms with Gasteiger partial charge in [-0.3, -0.25) is 4.79 Å². The number of nitrogens with zero attached hydrogens (tertiary/aromatic N) is 2. The molecular formula is C13H22N2O3. The van der Waals surface area contributed by atoms with Crippen LogP contribution in [-0.4, -0.2) is 22.7 Å². The van der Waals surface area contributed by atoms with E-state index in [1.165, 1.54) is 0 Å². The third-order valence-corrected chi connectivity index (χ3v) is 2.48. The molecule has 1 rings (SSSR count). The predicted molar refractivity (Wildman–Crippen MR) is 67.1 cm³/mol. The first kappa shape index (κ1) is 14.7. The first-order chi connectivity index (χ1) is 8.16. The second-order valence-electron chi connectivity index (χ2n) is 6.10. The molecule has 0 amide bonds. The summed E-state index contributed by atoms with van der Waals surface area (Å²) < 4.78 is 10.2. The van der Waals surface area contributed by atoms with Gasteiger partial charge in [-0.25, -0.2) is 0 Å². The van der Waals surface area contributed by atoms with Gasteiger partial charge in [0.2, 0.25) is 5.89 Å². The molecule has 0 aliphatic heterocycles. The van der Waals surface area contributed by atoms with Crippen molar-refractivity contribution in [3.63, 3.8) is 0 Å². The Kier molecular flexibility index (Phi) is 4.14. The quantitative estimate of drug-likeness (QED) is 0.772. The summed E-state index contributed by atoms with van der Waals surface area (Å²) in [6.07, 6.45) is 0.704. The highest BCUT2D eigenvalue weighted by Gasteiger charge is 2.37. The average molecular weight is 254 g/mol. The monoisotopic (exact) mass is 254 g/mol. The van der Waals surface area contributed by atoms with Crippen molar-refractivity contribution in [1.82, 2.24) is 10.1 Å². The van der Waals surface area contributed by atoms with Crippen LogP contribution in [0.3, 0.4) is 0 Å². The lowest BCUT2D eigenvalue weighted by Gasteiger charge is -2.17. The van der Waals surface area contributed by atoms with Gasteiger partial charge in [-0.1, -0.05) is 25.9 Å². The van der Waals surface area contributed by atoms with Gasteiger partial charge < -0.3 is 9.26 Å². The van der Waals surface area contributed by atoms with Crippen LogP contribution >= 0.6 is 0 Å². The topological polar surface area (TPSA) is 65.2 Å². The van der Waals surface area contributed by atoms with Gasteiger partial charge in [-0.05, 0) is 26.2 Å². The molecule has 102 valence electrons. The molecule has 0 saturated carbocycles. The molecule has 1 heterocycles. The molecule has 0 aliphatic rings. The van der Waals surface area contributed by atoms with Crippen LogP contribution in [0.5, 0.6) is 0 Å². The minimum atomic E-state index is -0.904. The van der Waals surface area contributed by atoms with E-state index < -0.39 is 5.41 Å². The van der Waals surface area contributed by atoms with E-state index in [0.29, 0.717) is 24.7 Å². The average Bonchev–Trinajstić information content (AvgIpc) is 2.64. The molecular weight excluding hydrogens is 232 g/mol. The maximum absolute atomic E-state index is 11.8. The Morgan fingerprint density at radius 1 is 1.28 bits per heavy atom. The number of aromatic nitrogens is 2. The first-order valence-electron chi connectivity index (χ1n) is 6.17. The molecule has 0 fully saturated rings. The van der Waals surface area contributed by atoms with E-state index >= 15 is 0 Å². The molecule has 0 bridgehead atoms. The van der Waals surface area contributed by atoms with E-state index in [9.17, 15) is 4.79 Å². The lowest BCUT2D eigenvalue weighted by atomic mass is 9.91. The molecule has 1 aromatic heterocycles. The Balaban J connectivity index is 2.88. The predicted octanol–water partition coefficient (Wildman–Crippen LogP) is 2.50. The van der Waals surface area contributed by atoms with Crippen molar-refractivity contribution in [2.75, 3.05) is 6.61 Å². The summed E-state index contributed by atoms with van der Waals surface area (Å²) in [5.41, 5.74) is -0.825. The Morgan fingerprint density at radius 3 is 2.39 bits per heavy atom. The van der Waals surface area contributed by atoms with Gasteiger partial charge in [0, 0.05) is 6.42 Å². The maximum atomic E-state index is 11.8. The molecule has 0 spiro atoms. The number of hydrogen-bond acceptors (Lipinski definition) is 5. The highest BCUT2D eigenvalue weighted by atomic mass is 16.5. The van der Waals surface area contributed by atoms with Gasteiger partial charge in [0.1, 0.15) is 5.41 Å². The summed E-state index contributed by atoms with van der Waals surface area (Å²) in [5.74, 6) is 0.575. The van der Waals surface area contributed by atoms with Crippen molar-refractivity contribution in [2.24, 2.45) is 5.41 Å². The minimum Gasteiger partial charge on any atom is -0.465 e.